The zero-order valence-corrected chi connectivity index (χ0v) is 7.05. The second kappa shape index (κ2) is 3.09. The van der Waals surface area contributed by atoms with Crippen molar-refractivity contribution in [1.29, 1.82) is 0 Å². The Labute approximate surface area is 67.7 Å². The largest absolute Gasteiger partial charge is 0.380 e. The van der Waals surface area contributed by atoms with Crippen LogP contribution in [0.25, 0.3) is 0 Å². The fraction of sp³-hybridized carbons (Fsp3) is 1.00. The quantitative estimate of drug-likeness (QED) is 0.593. The number of rotatable bonds is 2. The monoisotopic (exact) mass is 156 g/mol. The molecule has 2 rings (SSSR count). The van der Waals surface area contributed by atoms with Crippen molar-refractivity contribution in [2.45, 2.75) is 18.6 Å². The van der Waals surface area contributed by atoms with Gasteiger partial charge in [0.05, 0.1) is 6.10 Å². The van der Waals surface area contributed by atoms with Crippen LogP contribution in [0.5, 0.6) is 0 Å². The van der Waals surface area contributed by atoms with Crippen LogP contribution in [0, 0.1) is 0 Å². The van der Waals surface area contributed by atoms with Crippen molar-refractivity contribution < 1.29 is 4.74 Å². The Hall–Kier alpha value is -0.120. The molecule has 0 aromatic rings. The third-order valence-electron chi connectivity index (χ3n) is 2.79. The molecule has 2 heterocycles. The van der Waals surface area contributed by atoms with Gasteiger partial charge < -0.3 is 10.1 Å². The van der Waals surface area contributed by atoms with E-state index in [2.05, 4.69) is 10.2 Å². The van der Waals surface area contributed by atoms with Crippen LogP contribution >= 0.6 is 0 Å². The molecule has 1 atom stereocenters. The molecule has 0 saturated carbocycles. The highest BCUT2D eigenvalue weighted by molar-refractivity contribution is 4.89. The Kier molecular flexibility index (Phi) is 2.11. The van der Waals surface area contributed by atoms with Crippen molar-refractivity contribution in [3.8, 4) is 0 Å². The number of hydrogen-bond acceptors (Lipinski definition) is 3. The van der Waals surface area contributed by atoms with E-state index >= 15 is 0 Å². The molecule has 0 amide bonds. The van der Waals surface area contributed by atoms with Crippen molar-refractivity contribution in [3.63, 3.8) is 0 Å². The molecule has 64 valence electrons. The van der Waals surface area contributed by atoms with Crippen LogP contribution in [0.2, 0.25) is 0 Å². The van der Waals surface area contributed by atoms with E-state index in [9.17, 15) is 0 Å². The maximum atomic E-state index is 5.30. The van der Waals surface area contributed by atoms with Gasteiger partial charge in [-0.3, -0.25) is 4.90 Å². The summed E-state index contributed by atoms with van der Waals surface area (Å²) in [7, 11) is 1.81. The third kappa shape index (κ3) is 1.41. The summed E-state index contributed by atoms with van der Waals surface area (Å²) < 4.78 is 5.30. The summed E-state index contributed by atoms with van der Waals surface area (Å²) in [5.74, 6) is 0. The van der Waals surface area contributed by atoms with Crippen molar-refractivity contribution in [2.75, 3.05) is 33.3 Å². The lowest BCUT2D eigenvalue weighted by molar-refractivity contribution is 0.0930. The van der Waals surface area contributed by atoms with Gasteiger partial charge in [0.1, 0.15) is 0 Å². The Balaban J connectivity index is 1.79. The minimum absolute atomic E-state index is 0.496. The van der Waals surface area contributed by atoms with E-state index in [-0.39, 0.29) is 0 Å². The first kappa shape index (κ1) is 7.53. The van der Waals surface area contributed by atoms with Gasteiger partial charge in [-0.25, -0.2) is 0 Å². The average Bonchev–Trinajstić information content (AvgIpc) is 2.32. The van der Waals surface area contributed by atoms with E-state index in [1.165, 1.54) is 26.1 Å². The standard InChI is InChI=1S/C8H16N2O/c1-11-8-2-3-10(6-8)7-4-9-5-7/h7-9H,2-6H2,1H3/t8-/m1/s1. The lowest BCUT2D eigenvalue weighted by Gasteiger charge is -2.35. The van der Waals surface area contributed by atoms with E-state index in [1.807, 2.05) is 7.11 Å². The molecule has 0 aromatic carbocycles. The maximum Gasteiger partial charge on any atom is 0.0710 e. The van der Waals surface area contributed by atoms with E-state index in [0.717, 1.165) is 12.6 Å². The molecule has 0 bridgehead atoms. The molecule has 11 heavy (non-hydrogen) atoms. The minimum Gasteiger partial charge on any atom is -0.380 e. The SMILES string of the molecule is CO[C@@H]1CCN(C2CNC2)C1. The number of methoxy groups -OCH3 is 1. The summed E-state index contributed by atoms with van der Waals surface area (Å²) in [5.41, 5.74) is 0. The lowest BCUT2D eigenvalue weighted by Crippen LogP contribution is -2.56. The zero-order chi connectivity index (χ0) is 7.68. The molecular weight excluding hydrogens is 140 g/mol. The van der Waals surface area contributed by atoms with Crippen LogP contribution < -0.4 is 5.32 Å². The molecule has 3 heteroatoms. The number of likely N-dealkylation sites (tertiary alicyclic amines) is 1. The smallest absolute Gasteiger partial charge is 0.0710 e. The number of nitrogens with zero attached hydrogens (tertiary/aromatic N) is 1. The first-order valence-electron chi connectivity index (χ1n) is 4.37. The van der Waals surface area contributed by atoms with Crippen LogP contribution in [0.3, 0.4) is 0 Å². The van der Waals surface area contributed by atoms with Gasteiger partial charge >= 0.3 is 0 Å². The summed E-state index contributed by atoms with van der Waals surface area (Å²) >= 11 is 0. The van der Waals surface area contributed by atoms with Gasteiger partial charge in [-0.05, 0) is 6.42 Å². The second-order valence-electron chi connectivity index (χ2n) is 3.45. The van der Waals surface area contributed by atoms with Crippen LogP contribution in [0.4, 0.5) is 0 Å². The summed E-state index contributed by atoms with van der Waals surface area (Å²) in [6, 6.07) is 0.801. The Morgan fingerprint density at radius 1 is 1.45 bits per heavy atom. The van der Waals surface area contributed by atoms with Gasteiger partial charge in [0.2, 0.25) is 0 Å². The second-order valence-corrected chi connectivity index (χ2v) is 3.45. The van der Waals surface area contributed by atoms with Crippen molar-refractivity contribution in [3.05, 3.63) is 0 Å². The number of hydrogen-bond donors (Lipinski definition) is 1. The third-order valence-corrected chi connectivity index (χ3v) is 2.79. The van der Waals surface area contributed by atoms with E-state index < -0.39 is 0 Å². The highest BCUT2D eigenvalue weighted by Gasteiger charge is 2.30. The summed E-state index contributed by atoms with van der Waals surface area (Å²) in [5, 5.41) is 3.29. The average molecular weight is 156 g/mol. The van der Waals surface area contributed by atoms with Crippen LogP contribution in [0.15, 0.2) is 0 Å². The van der Waals surface area contributed by atoms with Gasteiger partial charge in [-0.2, -0.15) is 0 Å². The minimum atomic E-state index is 0.496. The summed E-state index contributed by atoms with van der Waals surface area (Å²) in [4.78, 5) is 2.53. The maximum absolute atomic E-state index is 5.30. The van der Waals surface area contributed by atoms with Crippen molar-refractivity contribution in [2.24, 2.45) is 0 Å². The molecule has 3 nitrogen and oxygen atoms in total. The van der Waals surface area contributed by atoms with Crippen molar-refractivity contribution >= 4 is 0 Å². The first-order chi connectivity index (χ1) is 5.40. The lowest BCUT2D eigenvalue weighted by atomic mass is 10.1. The van der Waals surface area contributed by atoms with Gasteiger partial charge in [0.15, 0.2) is 0 Å². The molecule has 2 aliphatic rings. The summed E-state index contributed by atoms with van der Waals surface area (Å²) in [6.45, 7) is 4.72. The molecule has 1 N–H and O–H groups in total. The van der Waals surface area contributed by atoms with E-state index in [0.29, 0.717) is 6.10 Å². The molecule has 0 aromatic heterocycles. The van der Waals surface area contributed by atoms with E-state index in [4.69, 9.17) is 4.74 Å². The fourth-order valence-corrected chi connectivity index (χ4v) is 1.81. The molecule has 0 aliphatic carbocycles. The molecule has 0 unspecified atom stereocenters. The van der Waals surface area contributed by atoms with Gasteiger partial charge in [0.25, 0.3) is 0 Å². The van der Waals surface area contributed by atoms with Gasteiger partial charge in [-0.15, -0.1) is 0 Å². The number of nitrogens with one attached hydrogen (secondary N) is 1. The van der Waals surface area contributed by atoms with Gasteiger partial charge in [-0.1, -0.05) is 0 Å². The number of ether oxygens (including phenoxy) is 1. The molecule has 2 saturated heterocycles. The van der Waals surface area contributed by atoms with Crippen LogP contribution in [-0.4, -0.2) is 50.3 Å². The topological polar surface area (TPSA) is 24.5 Å². The molecule has 0 radical (unpaired) electrons. The molecular formula is C8H16N2O. The zero-order valence-electron chi connectivity index (χ0n) is 7.05. The first-order valence-corrected chi connectivity index (χ1v) is 4.37. The normalized spacial score (nSPS) is 34.1. The van der Waals surface area contributed by atoms with E-state index in [1.54, 1.807) is 0 Å². The molecule has 2 aliphatic heterocycles. The molecule has 0 spiro atoms. The predicted octanol–water partition coefficient (Wildman–Crippen LogP) is -0.321. The Morgan fingerprint density at radius 3 is 2.73 bits per heavy atom. The predicted molar refractivity (Wildman–Crippen MR) is 43.6 cm³/mol. The Bertz CT molecular complexity index is 136. The van der Waals surface area contributed by atoms with Crippen LogP contribution in [0.1, 0.15) is 6.42 Å². The fourth-order valence-electron chi connectivity index (χ4n) is 1.81. The van der Waals surface area contributed by atoms with Crippen LogP contribution in [-0.2, 0) is 4.74 Å². The Morgan fingerprint density at radius 2 is 2.27 bits per heavy atom. The highest BCUT2D eigenvalue weighted by Crippen LogP contribution is 2.16. The highest BCUT2D eigenvalue weighted by atomic mass is 16.5. The summed E-state index contributed by atoms with van der Waals surface area (Å²) in [6.07, 6.45) is 1.71. The molecule has 2 fully saturated rings. The van der Waals surface area contributed by atoms with Gasteiger partial charge in [0, 0.05) is 39.3 Å². The van der Waals surface area contributed by atoms with Crippen molar-refractivity contribution in [1.82, 2.24) is 10.2 Å².